The summed E-state index contributed by atoms with van der Waals surface area (Å²) < 4.78 is 0. The molecular weight excluding hydrogens is 448 g/mol. The number of carbonyl (C=O) groups is 2. The molecule has 0 fully saturated rings. The average molecular weight is 479 g/mol. The fourth-order valence-corrected chi connectivity index (χ4v) is 5.03. The van der Waals surface area contributed by atoms with Crippen molar-refractivity contribution in [2.45, 2.75) is 9.79 Å². The van der Waals surface area contributed by atoms with Gasteiger partial charge in [0.05, 0.1) is 24.3 Å². The lowest BCUT2D eigenvalue weighted by Crippen LogP contribution is -2.33. The van der Waals surface area contributed by atoms with Gasteiger partial charge in [-0.15, -0.1) is 0 Å². The van der Waals surface area contributed by atoms with Crippen LogP contribution in [0.15, 0.2) is 58.3 Å². The van der Waals surface area contributed by atoms with E-state index in [0.29, 0.717) is 50.4 Å². The molecule has 0 aliphatic carbocycles. The third-order valence-electron chi connectivity index (χ3n) is 4.24. The molecule has 0 radical (unpaired) electrons. The Kier molecular flexibility index (Phi) is 12.8. The van der Waals surface area contributed by atoms with Crippen LogP contribution in [-0.2, 0) is 0 Å². The van der Waals surface area contributed by atoms with E-state index in [2.05, 4.69) is 21.3 Å². The molecule has 0 bridgehead atoms. The largest absolute Gasteiger partial charge is 0.395 e. The van der Waals surface area contributed by atoms with Crippen LogP contribution in [0.1, 0.15) is 20.7 Å². The molecule has 0 saturated carbocycles. The molecule has 6 N–H and O–H groups in total. The van der Waals surface area contributed by atoms with Gasteiger partial charge in [-0.1, -0.05) is 45.9 Å². The van der Waals surface area contributed by atoms with Crippen LogP contribution >= 0.6 is 21.6 Å². The average Bonchev–Trinajstić information content (AvgIpc) is 2.82. The van der Waals surface area contributed by atoms with E-state index in [0.717, 1.165) is 9.79 Å². The molecule has 8 nitrogen and oxygen atoms in total. The van der Waals surface area contributed by atoms with Crippen molar-refractivity contribution in [3.8, 4) is 0 Å². The van der Waals surface area contributed by atoms with Crippen molar-refractivity contribution in [2.24, 2.45) is 0 Å². The lowest BCUT2D eigenvalue weighted by atomic mass is 10.2. The minimum atomic E-state index is -0.166. The monoisotopic (exact) mass is 478 g/mol. The van der Waals surface area contributed by atoms with Crippen molar-refractivity contribution in [1.82, 2.24) is 21.3 Å². The Hall–Kier alpha value is -2.08. The molecule has 0 spiro atoms. The SMILES string of the molecule is O=C(NCCNCCO)c1ccccc1SSc1ccccc1C(=O)NCCNCCO. The van der Waals surface area contributed by atoms with Crippen LogP contribution in [0.25, 0.3) is 0 Å². The fraction of sp³-hybridized carbons (Fsp3) is 0.364. The van der Waals surface area contributed by atoms with E-state index < -0.39 is 0 Å². The summed E-state index contributed by atoms with van der Waals surface area (Å²) in [6, 6.07) is 14.7. The van der Waals surface area contributed by atoms with E-state index in [1.54, 1.807) is 12.1 Å². The lowest BCUT2D eigenvalue weighted by Gasteiger charge is -2.12. The Labute approximate surface area is 196 Å². The molecule has 0 aromatic heterocycles. The summed E-state index contributed by atoms with van der Waals surface area (Å²) in [6.45, 7) is 3.18. The van der Waals surface area contributed by atoms with E-state index in [4.69, 9.17) is 10.2 Å². The molecule has 0 atom stereocenters. The fourth-order valence-electron chi connectivity index (χ4n) is 2.67. The van der Waals surface area contributed by atoms with Gasteiger partial charge in [-0.05, 0) is 24.3 Å². The second-order valence-electron chi connectivity index (χ2n) is 6.62. The number of aliphatic hydroxyl groups excluding tert-OH is 2. The molecule has 0 unspecified atom stereocenters. The van der Waals surface area contributed by atoms with Gasteiger partial charge < -0.3 is 31.5 Å². The lowest BCUT2D eigenvalue weighted by molar-refractivity contribution is 0.0942. The highest BCUT2D eigenvalue weighted by atomic mass is 33.1. The first-order chi connectivity index (χ1) is 15.7. The smallest absolute Gasteiger partial charge is 0.252 e. The predicted octanol–water partition coefficient (Wildman–Crippen LogP) is 1.11. The number of carbonyl (C=O) groups excluding carboxylic acids is 2. The number of rotatable bonds is 15. The maximum absolute atomic E-state index is 12.6. The summed E-state index contributed by atoms with van der Waals surface area (Å²) in [5.41, 5.74) is 1.15. The van der Waals surface area contributed by atoms with Crippen molar-refractivity contribution in [1.29, 1.82) is 0 Å². The first-order valence-electron chi connectivity index (χ1n) is 10.4. The zero-order chi connectivity index (χ0) is 23.0. The first-order valence-corrected chi connectivity index (χ1v) is 12.5. The summed E-state index contributed by atoms with van der Waals surface area (Å²) in [6.07, 6.45) is 0. The van der Waals surface area contributed by atoms with E-state index in [-0.39, 0.29) is 25.0 Å². The predicted molar refractivity (Wildman–Crippen MR) is 129 cm³/mol. The van der Waals surface area contributed by atoms with Crippen LogP contribution in [-0.4, -0.2) is 74.5 Å². The Bertz CT molecular complexity index is 785. The molecule has 174 valence electrons. The summed E-state index contributed by atoms with van der Waals surface area (Å²) in [5.74, 6) is -0.332. The number of benzene rings is 2. The highest BCUT2D eigenvalue weighted by Gasteiger charge is 2.15. The molecule has 32 heavy (non-hydrogen) atoms. The number of aliphatic hydroxyl groups is 2. The van der Waals surface area contributed by atoms with Gasteiger partial charge in [0.2, 0.25) is 0 Å². The van der Waals surface area contributed by atoms with Crippen molar-refractivity contribution >= 4 is 33.4 Å². The van der Waals surface area contributed by atoms with Crippen molar-refractivity contribution < 1.29 is 19.8 Å². The maximum Gasteiger partial charge on any atom is 0.252 e. The molecule has 2 rings (SSSR count). The van der Waals surface area contributed by atoms with E-state index in [9.17, 15) is 9.59 Å². The number of hydrogen-bond acceptors (Lipinski definition) is 8. The van der Waals surface area contributed by atoms with Crippen LogP contribution in [0.4, 0.5) is 0 Å². The minimum absolute atomic E-state index is 0.0603. The van der Waals surface area contributed by atoms with Crippen molar-refractivity contribution in [3.05, 3.63) is 59.7 Å². The Morgan fingerprint density at radius 3 is 1.44 bits per heavy atom. The zero-order valence-electron chi connectivity index (χ0n) is 17.8. The summed E-state index contributed by atoms with van der Waals surface area (Å²) >= 11 is 0. The Morgan fingerprint density at radius 1 is 0.625 bits per heavy atom. The van der Waals surface area contributed by atoms with Crippen molar-refractivity contribution in [2.75, 3.05) is 52.5 Å². The summed E-state index contributed by atoms with van der Waals surface area (Å²) in [5, 5.41) is 29.3. The second kappa shape index (κ2) is 15.7. The normalized spacial score (nSPS) is 10.7. The van der Waals surface area contributed by atoms with Gasteiger partial charge in [0.25, 0.3) is 11.8 Å². The highest BCUT2D eigenvalue weighted by molar-refractivity contribution is 8.76. The van der Waals surface area contributed by atoms with Crippen LogP contribution in [0.5, 0.6) is 0 Å². The van der Waals surface area contributed by atoms with Crippen molar-refractivity contribution in [3.63, 3.8) is 0 Å². The van der Waals surface area contributed by atoms with Gasteiger partial charge >= 0.3 is 0 Å². The molecule has 0 aliphatic rings. The van der Waals surface area contributed by atoms with Gasteiger partial charge in [0, 0.05) is 49.1 Å². The molecule has 2 aromatic rings. The first kappa shape index (κ1) is 26.2. The van der Waals surface area contributed by atoms with Crippen LogP contribution in [0.2, 0.25) is 0 Å². The van der Waals surface area contributed by atoms with E-state index in [1.165, 1.54) is 21.6 Å². The van der Waals surface area contributed by atoms with E-state index in [1.807, 2.05) is 36.4 Å². The minimum Gasteiger partial charge on any atom is -0.395 e. The molecular formula is C22H30N4O4S2. The van der Waals surface area contributed by atoms with Gasteiger partial charge in [0.15, 0.2) is 0 Å². The quantitative estimate of drug-likeness (QED) is 0.166. The maximum atomic E-state index is 12.6. The number of amides is 2. The molecule has 0 saturated heterocycles. The number of hydrogen-bond donors (Lipinski definition) is 6. The Balaban J connectivity index is 1.95. The van der Waals surface area contributed by atoms with Crippen LogP contribution < -0.4 is 21.3 Å². The summed E-state index contributed by atoms with van der Waals surface area (Å²) in [4.78, 5) is 26.8. The standard InChI is InChI=1S/C22H30N4O4S2/c27-15-13-23-9-11-25-21(29)17-5-1-3-7-19(17)31-32-20-8-4-2-6-18(20)22(30)26-12-10-24-14-16-28/h1-8,23-24,27-28H,9-16H2,(H,25,29)(H,26,30). The molecule has 2 aromatic carbocycles. The third kappa shape index (κ3) is 9.19. The van der Waals surface area contributed by atoms with Gasteiger partial charge in [0.1, 0.15) is 0 Å². The van der Waals surface area contributed by atoms with Gasteiger partial charge in [-0.2, -0.15) is 0 Å². The second-order valence-corrected chi connectivity index (χ2v) is 8.83. The zero-order valence-corrected chi connectivity index (χ0v) is 19.4. The topological polar surface area (TPSA) is 123 Å². The molecule has 0 heterocycles. The molecule has 2 amide bonds. The van der Waals surface area contributed by atoms with E-state index >= 15 is 0 Å². The van der Waals surface area contributed by atoms with Gasteiger partial charge in [-0.3, -0.25) is 9.59 Å². The van der Waals surface area contributed by atoms with Gasteiger partial charge in [-0.25, -0.2) is 0 Å². The number of nitrogens with one attached hydrogen (secondary N) is 4. The molecule has 0 aliphatic heterocycles. The third-order valence-corrected chi connectivity index (χ3v) is 6.72. The van der Waals surface area contributed by atoms with Crippen LogP contribution in [0.3, 0.4) is 0 Å². The summed E-state index contributed by atoms with van der Waals surface area (Å²) in [7, 11) is 2.86. The Morgan fingerprint density at radius 2 is 1.03 bits per heavy atom. The molecule has 10 heteroatoms. The highest BCUT2D eigenvalue weighted by Crippen LogP contribution is 2.40. The van der Waals surface area contributed by atoms with Crippen LogP contribution in [0, 0.1) is 0 Å².